The molecular formula is C16H15FN2O2. The summed E-state index contributed by atoms with van der Waals surface area (Å²) in [5, 5.41) is 8.91. The Bertz CT molecular complexity index is 680. The third-order valence-corrected chi connectivity index (χ3v) is 3.02. The van der Waals surface area contributed by atoms with Crippen LogP contribution in [-0.4, -0.2) is 7.11 Å². The van der Waals surface area contributed by atoms with E-state index in [1.165, 1.54) is 19.2 Å². The summed E-state index contributed by atoms with van der Waals surface area (Å²) in [7, 11) is 1.53. The molecule has 0 saturated carbocycles. The molecule has 0 atom stereocenters. The lowest BCUT2D eigenvalue weighted by Gasteiger charge is -2.11. The van der Waals surface area contributed by atoms with Gasteiger partial charge in [-0.15, -0.1) is 0 Å². The van der Waals surface area contributed by atoms with Gasteiger partial charge in [0.1, 0.15) is 12.4 Å². The van der Waals surface area contributed by atoms with Crippen molar-refractivity contribution in [3.63, 3.8) is 0 Å². The van der Waals surface area contributed by atoms with Crippen molar-refractivity contribution in [1.29, 1.82) is 5.26 Å². The van der Waals surface area contributed by atoms with Crippen LogP contribution in [0.4, 0.5) is 4.39 Å². The predicted molar refractivity (Wildman–Crippen MR) is 76.3 cm³/mol. The van der Waals surface area contributed by atoms with E-state index in [1.54, 1.807) is 24.3 Å². The molecular weight excluding hydrogens is 271 g/mol. The Morgan fingerprint density at radius 2 is 1.95 bits per heavy atom. The lowest BCUT2D eigenvalue weighted by Crippen LogP contribution is -2.02. The van der Waals surface area contributed by atoms with Crippen LogP contribution in [0.5, 0.6) is 11.5 Å². The fourth-order valence-corrected chi connectivity index (χ4v) is 1.90. The number of benzene rings is 2. The normalized spacial score (nSPS) is 10.0. The van der Waals surface area contributed by atoms with Crippen molar-refractivity contribution < 1.29 is 13.9 Å². The molecule has 4 nitrogen and oxygen atoms in total. The zero-order valence-electron chi connectivity index (χ0n) is 11.6. The van der Waals surface area contributed by atoms with Gasteiger partial charge in [0, 0.05) is 12.1 Å². The van der Waals surface area contributed by atoms with E-state index in [-0.39, 0.29) is 18.9 Å². The third kappa shape index (κ3) is 3.50. The smallest absolute Gasteiger partial charge is 0.165 e. The average Bonchev–Trinajstić information content (AvgIpc) is 2.53. The third-order valence-electron chi connectivity index (χ3n) is 3.02. The fraction of sp³-hybridized carbons (Fsp3) is 0.188. The van der Waals surface area contributed by atoms with Crippen molar-refractivity contribution in [2.75, 3.05) is 7.11 Å². The Morgan fingerprint density at radius 1 is 1.19 bits per heavy atom. The first-order valence-electron chi connectivity index (χ1n) is 6.36. The van der Waals surface area contributed by atoms with Crippen LogP contribution in [0, 0.1) is 17.1 Å². The van der Waals surface area contributed by atoms with Gasteiger partial charge in [-0.3, -0.25) is 0 Å². The molecule has 0 saturated heterocycles. The molecule has 108 valence electrons. The predicted octanol–water partition coefficient (Wildman–Crippen LogP) is 2.74. The van der Waals surface area contributed by atoms with Gasteiger partial charge in [-0.05, 0) is 35.9 Å². The van der Waals surface area contributed by atoms with Gasteiger partial charge in [-0.25, -0.2) is 4.39 Å². The van der Waals surface area contributed by atoms with E-state index in [4.69, 9.17) is 20.5 Å². The zero-order chi connectivity index (χ0) is 15.2. The number of hydrogen-bond donors (Lipinski definition) is 1. The van der Waals surface area contributed by atoms with Crippen LogP contribution in [0.15, 0.2) is 36.4 Å². The van der Waals surface area contributed by atoms with Crippen LogP contribution in [0.25, 0.3) is 0 Å². The van der Waals surface area contributed by atoms with Crippen molar-refractivity contribution in [3.8, 4) is 17.6 Å². The maximum absolute atomic E-state index is 13.8. The van der Waals surface area contributed by atoms with Crippen molar-refractivity contribution >= 4 is 0 Å². The summed E-state index contributed by atoms with van der Waals surface area (Å²) in [6, 6.07) is 11.6. The molecule has 2 rings (SSSR count). The Morgan fingerprint density at radius 3 is 2.57 bits per heavy atom. The highest BCUT2D eigenvalue weighted by atomic mass is 19.1. The highest BCUT2D eigenvalue weighted by molar-refractivity contribution is 5.42. The number of hydrogen-bond acceptors (Lipinski definition) is 4. The highest BCUT2D eigenvalue weighted by Crippen LogP contribution is 2.24. The van der Waals surface area contributed by atoms with E-state index < -0.39 is 5.82 Å². The van der Waals surface area contributed by atoms with Gasteiger partial charge in [0.2, 0.25) is 0 Å². The van der Waals surface area contributed by atoms with Crippen LogP contribution in [-0.2, 0) is 13.2 Å². The maximum atomic E-state index is 13.8. The molecule has 0 radical (unpaired) electrons. The van der Waals surface area contributed by atoms with Crippen molar-refractivity contribution in [3.05, 3.63) is 58.9 Å². The molecule has 5 heteroatoms. The molecule has 0 heterocycles. The number of methoxy groups -OCH3 is 1. The number of nitrogens with zero attached hydrogens (tertiary/aromatic N) is 1. The molecule has 21 heavy (non-hydrogen) atoms. The van der Waals surface area contributed by atoms with Gasteiger partial charge in [0.05, 0.1) is 18.7 Å². The molecule has 0 bridgehead atoms. The number of halogens is 1. The Hall–Kier alpha value is -2.58. The monoisotopic (exact) mass is 286 g/mol. The van der Waals surface area contributed by atoms with E-state index in [1.807, 2.05) is 6.07 Å². The first-order valence-corrected chi connectivity index (χ1v) is 6.36. The number of rotatable bonds is 5. The van der Waals surface area contributed by atoms with Crippen molar-refractivity contribution in [2.24, 2.45) is 5.73 Å². The maximum Gasteiger partial charge on any atom is 0.165 e. The largest absolute Gasteiger partial charge is 0.496 e. The van der Waals surface area contributed by atoms with Gasteiger partial charge in [-0.2, -0.15) is 5.26 Å². The molecule has 0 aliphatic carbocycles. The number of nitrogens with two attached hydrogens (primary N) is 1. The molecule has 2 aromatic carbocycles. The second kappa shape index (κ2) is 6.73. The average molecular weight is 286 g/mol. The number of ether oxygens (including phenoxy) is 2. The quantitative estimate of drug-likeness (QED) is 0.917. The summed E-state index contributed by atoms with van der Waals surface area (Å²) >= 11 is 0. The second-order valence-electron chi connectivity index (χ2n) is 4.40. The van der Waals surface area contributed by atoms with Crippen LogP contribution in [0.2, 0.25) is 0 Å². The Labute approximate surface area is 122 Å². The second-order valence-corrected chi connectivity index (χ2v) is 4.40. The lowest BCUT2D eigenvalue weighted by molar-refractivity contribution is 0.282. The van der Waals surface area contributed by atoms with E-state index in [9.17, 15) is 4.39 Å². The van der Waals surface area contributed by atoms with Crippen LogP contribution >= 0.6 is 0 Å². The molecule has 0 amide bonds. The molecule has 0 aliphatic rings. The molecule has 2 aromatic rings. The van der Waals surface area contributed by atoms with Crippen LogP contribution in [0.3, 0.4) is 0 Å². The summed E-state index contributed by atoms with van der Waals surface area (Å²) in [4.78, 5) is 0. The van der Waals surface area contributed by atoms with Gasteiger partial charge >= 0.3 is 0 Å². The van der Waals surface area contributed by atoms with Crippen LogP contribution in [0.1, 0.15) is 16.7 Å². The molecule has 0 fully saturated rings. The summed E-state index contributed by atoms with van der Waals surface area (Å²) in [5.74, 6) is 0.262. The lowest BCUT2D eigenvalue weighted by atomic mass is 10.1. The topological polar surface area (TPSA) is 68.3 Å². The molecule has 0 unspecified atom stereocenters. The first-order chi connectivity index (χ1) is 10.2. The van der Waals surface area contributed by atoms with Crippen LogP contribution < -0.4 is 15.2 Å². The van der Waals surface area contributed by atoms with Crippen molar-refractivity contribution in [2.45, 2.75) is 13.2 Å². The van der Waals surface area contributed by atoms with E-state index >= 15 is 0 Å². The van der Waals surface area contributed by atoms with Gasteiger partial charge in [-0.1, -0.05) is 6.07 Å². The summed E-state index contributed by atoms with van der Waals surface area (Å²) in [6.45, 7) is 0.382. The summed E-state index contributed by atoms with van der Waals surface area (Å²) in [6.07, 6.45) is 0. The van der Waals surface area contributed by atoms with Gasteiger partial charge in [0.25, 0.3) is 0 Å². The molecule has 0 aliphatic heterocycles. The minimum absolute atomic E-state index is 0.109. The minimum atomic E-state index is -0.464. The minimum Gasteiger partial charge on any atom is -0.496 e. The number of nitriles is 1. The Kier molecular flexibility index (Phi) is 4.75. The van der Waals surface area contributed by atoms with Crippen molar-refractivity contribution in [1.82, 2.24) is 0 Å². The highest BCUT2D eigenvalue weighted by Gasteiger charge is 2.08. The standard InChI is InChI=1S/C16H15FN2O2/c1-20-15-4-2-11(8-18)6-13(15)10-21-16-5-3-12(9-19)7-14(16)17/h2-7H,9-10,19H2,1H3. The zero-order valence-corrected chi connectivity index (χ0v) is 11.6. The SMILES string of the molecule is COc1ccc(C#N)cc1COc1ccc(CN)cc1F. The van der Waals surface area contributed by atoms with Gasteiger partial charge < -0.3 is 15.2 Å². The summed E-state index contributed by atoms with van der Waals surface area (Å²) < 4.78 is 24.5. The van der Waals surface area contributed by atoms with E-state index in [0.717, 1.165) is 0 Å². The molecule has 2 N–H and O–H groups in total. The fourth-order valence-electron chi connectivity index (χ4n) is 1.90. The first kappa shape index (κ1) is 14.8. The molecule has 0 aromatic heterocycles. The Balaban J connectivity index is 2.18. The summed E-state index contributed by atoms with van der Waals surface area (Å²) in [5.41, 5.74) is 7.32. The van der Waals surface area contributed by atoms with Gasteiger partial charge in [0.15, 0.2) is 11.6 Å². The molecule has 0 spiro atoms. The van der Waals surface area contributed by atoms with E-state index in [0.29, 0.717) is 22.4 Å². The van der Waals surface area contributed by atoms with E-state index in [2.05, 4.69) is 0 Å².